The topological polar surface area (TPSA) is 89.3 Å². The number of anilines is 2. The number of pyridine rings is 1. The van der Waals surface area contributed by atoms with Crippen LogP contribution in [0.15, 0.2) is 53.2 Å². The molecule has 2 fully saturated rings. The summed E-state index contributed by atoms with van der Waals surface area (Å²) in [4.78, 5) is 17.0. The van der Waals surface area contributed by atoms with Crippen LogP contribution in [0.25, 0.3) is 11.1 Å². The number of nitrogens with one attached hydrogen (secondary N) is 2. The quantitative estimate of drug-likeness (QED) is 0.419. The van der Waals surface area contributed by atoms with Gasteiger partial charge in [-0.05, 0) is 74.6 Å². The standard InChI is InChI=1S/C27H32N4O3/c1-27(13-14-27)24-17-25(31-34-24)30-26(32)29-23-9-5-20(6-10-23)21-7-8-22(28-18-21)4-2-3-19-11-15-33-16-12-19/h5-10,17-19H,2-4,11-16H2,1H3,(H2,29,30,31,32). The van der Waals surface area contributed by atoms with Crippen LogP contribution >= 0.6 is 0 Å². The molecule has 1 saturated heterocycles. The Labute approximate surface area is 200 Å². The summed E-state index contributed by atoms with van der Waals surface area (Å²) in [5.41, 5.74) is 4.05. The number of rotatable bonds is 8. The molecule has 0 atom stereocenters. The highest BCUT2D eigenvalue weighted by molar-refractivity contribution is 5.99. The van der Waals surface area contributed by atoms with Gasteiger partial charge in [0.25, 0.3) is 0 Å². The Morgan fingerprint density at radius 2 is 1.82 bits per heavy atom. The molecule has 2 aliphatic rings. The number of hydrogen-bond donors (Lipinski definition) is 2. The van der Waals surface area contributed by atoms with E-state index in [0.717, 1.165) is 61.0 Å². The van der Waals surface area contributed by atoms with Gasteiger partial charge in [0, 0.05) is 47.8 Å². The Balaban J connectivity index is 1.10. The molecule has 0 spiro atoms. The van der Waals surface area contributed by atoms with Gasteiger partial charge in [-0.15, -0.1) is 0 Å². The summed E-state index contributed by atoms with van der Waals surface area (Å²) in [6, 6.07) is 13.4. The number of carbonyl (C=O) groups is 1. The largest absolute Gasteiger partial charge is 0.381 e. The SMILES string of the molecule is CC1(c2cc(NC(=O)Nc3ccc(-c4ccc(CCCC5CCOCC5)nc4)cc3)no2)CC1. The highest BCUT2D eigenvalue weighted by atomic mass is 16.5. The number of urea groups is 1. The molecule has 7 heteroatoms. The lowest BCUT2D eigenvalue weighted by molar-refractivity contribution is 0.0633. The zero-order chi connectivity index (χ0) is 23.4. The molecule has 1 aliphatic heterocycles. The Morgan fingerprint density at radius 3 is 2.53 bits per heavy atom. The molecule has 5 rings (SSSR count). The van der Waals surface area contributed by atoms with Crippen LogP contribution in [0, 0.1) is 5.92 Å². The first-order chi connectivity index (χ1) is 16.6. The van der Waals surface area contributed by atoms with Gasteiger partial charge in [0.1, 0.15) is 5.76 Å². The summed E-state index contributed by atoms with van der Waals surface area (Å²) < 4.78 is 10.8. The van der Waals surface area contributed by atoms with Crippen LogP contribution in [0.1, 0.15) is 56.9 Å². The van der Waals surface area contributed by atoms with E-state index in [2.05, 4.69) is 39.8 Å². The zero-order valence-electron chi connectivity index (χ0n) is 19.7. The maximum absolute atomic E-state index is 12.3. The maximum atomic E-state index is 12.3. The van der Waals surface area contributed by atoms with Crippen LogP contribution in [0.3, 0.4) is 0 Å². The molecule has 2 aromatic heterocycles. The minimum atomic E-state index is -0.347. The molecule has 7 nitrogen and oxygen atoms in total. The summed E-state index contributed by atoms with van der Waals surface area (Å²) in [6.45, 7) is 3.97. The molecule has 2 N–H and O–H groups in total. The van der Waals surface area contributed by atoms with E-state index in [4.69, 9.17) is 9.26 Å². The lowest BCUT2D eigenvalue weighted by atomic mass is 9.94. The molecule has 0 unspecified atom stereocenters. The highest BCUT2D eigenvalue weighted by Crippen LogP contribution is 2.48. The lowest BCUT2D eigenvalue weighted by Gasteiger charge is -2.21. The molecule has 2 amide bonds. The molecule has 0 radical (unpaired) electrons. The second kappa shape index (κ2) is 9.97. The smallest absolute Gasteiger partial charge is 0.324 e. The molecule has 3 aromatic rings. The van der Waals surface area contributed by atoms with Gasteiger partial charge >= 0.3 is 6.03 Å². The molecule has 178 valence electrons. The normalized spacial score (nSPS) is 17.3. The summed E-state index contributed by atoms with van der Waals surface area (Å²) in [5.74, 6) is 2.06. The molecule has 1 aromatic carbocycles. The predicted octanol–water partition coefficient (Wildman–Crippen LogP) is 6.18. The van der Waals surface area contributed by atoms with E-state index in [1.165, 1.54) is 25.7 Å². The average Bonchev–Trinajstić information content (AvgIpc) is 3.43. The molecule has 1 saturated carbocycles. The van der Waals surface area contributed by atoms with Crippen molar-refractivity contribution in [2.24, 2.45) is 5.92 Å². The Morgan fingerprint density at radius 1 is 1.06 bits per heavy atom. The van der Waals surface area contributed by atoms with E-state index in [9.17, 15) is 4.79 Å². The predicted molar refractivity (Wildman–Crippen MR) is 132 cm³/mol. The van der Waals surface area contributed by atoms with Crippen LogP contribution in [-0.4, -0.2) is 29.4 Å². The number of benzene rings is 1. The number of carbonyl (C=O) groups excluding carboxylic acids is 1. The average molecular weight is 461 g/mol. The van der Waals surface area contributed by atoms with Crippen molar-refractivity contribution in [1.82, 2.24) is 10.1 Å². The maximum Gasteiger partial charge on any atom is 0.324 e. The Kier molecular flexibility index (Phi) is 6.63. The van der Waals surface area contributed by atoms with Crippen molar-refractivity contribution >= 4 is 17.5 Å². The first-order valence-electron chi connectivity index (χ1n) is 12.3. The van der Waals surface area contributed by atoms with Gasteiger partial charge in [0.2, 0.25) is 0 Å². The van der Waals surface area contributed by atoms with Crippen molar-refractivity contribution in [3.8, 4) is 11.1 Å². The molecule has 0 bridgehead atoms. The summed E-state index contributed by atoms with van der Waals surface area (Å²) in [5, 5.41) is 9.51. The van der Waals surface area contributed by atoms with E-state index >= 15 is 0 Å². The number of aromatic nitrogens is 2. The van der Waals surface area contributed by atoms with Gasteiger partial charge in [0.05, 0.1) is 0 Å². The van der Waals surface area contributed by atoms with Crippen LogP contribution < -0.4 is 10.6 Å². The molecule has 3 heterocycles. The first kappa shape index (κ1) is 22.6. The van der Waals surface area contributed by atoms with Gasteiger partial charge < -0.3 is 14.6 Å². The first-order valence-corrected chi connectivity index (χ1v) is 12.3. The third-order valence-electron chi connectivity index (χ3n) is 7.03. The Bertz CT molecular complexity index is 1100. The fourth-order valence-corrected chi connectivity index (χ4v) is 4.43. The third kappa shape index (κ3) is 5.65. The number of hydrogen-bond acceptors (Lipinski definition) is 5. The van der Waals surface area contributed by atoms with Crippen molar-refractivity contribution in [3.05, 3.63) is 60.1 Å². The van der Waals surface area contributed by atoms with E-state index in [1.54, 1.807) is 6.07 Å². The van der Waals surface area contributed by atoms with Crippen LogP contribution in [0.2, 0.25) is 0 Å². The summed E-state index contributed by atoms with van der Waals surface area (Å²) in [6.07, 6.45) is 9.95. The van der Waals surface area contributed by atoms with E-state index in [-0.39, 0.29) is 11.4 Å². The monoisotopic (exact) mass is 460 g/mol. The van der Waals surface area contributed by atoms with Gasteiger partial charge in [0.15, 0.2) is 5.82 Å². The highest BCUT2D eigenvalue weighted by Gasteiger charge is 2.43. The summed E-state index contributed by atoms with van der Waals surface area (Å²) >= 11 is 0. The number of aryl methyl sites for hydroxylation is 1. The van der Waals surface area contributed by atoms with E-state index in [0.29, 0.717) is 11.5 Å². The van der Waals surface area contributed by atoms with Crippen LogP contribution in [-0.2, 0) is 16.6 Å². The fourth-order valence-electron chi connectivity index (χ4n) is 4.43. The molecule has 1 aliphatic carbocycles. The minimum absolute atomic E-state index is 0.0804. The third-order valence-corrected chi connectivity index (χ3v) is 7.03. The zero-order valence-corrected chi connectivity index (χ0v) is 19.7. The van der Waals surface area contributed by atoms with Crippen molar-refractivity contribution in [2.45, 2.75) is 57.3 Å². The van der Waals surface area contributed by atoms with Crippen molar-refractivity contribution in [3.63, 3.8) is 0 Å². The van der Waals surface area contributed by atoms with Gasteiger partial charge in [-0.1, -0.05) is 30.3 Å². The van der Waals surface area contributed by atoms with Crippen molar-refractivity contribution in [1.29, 1.82) is 0 Å². The van der Waals surface area contributed by atoms with E-state index in [1.807, 2.05) is 30.5 Å². The van der Waals surface area contributed by atoms with Crippen LogP contribution in [0.5, 0.6) is 0 Å². The second-order valence-electron chi connectivity index (χ2n) is 9.78. The minimum Gasteiger partial charge on any atom is -0.381 e. The van der Waals surface area contributed by atoms with Crippen molar-refractivity contribution in [2.75, 3.05) is 23.8 Å². The molecule has 34 heavy (non-hydrogen) atoms. The molecular weight excluding hydrogens is 428 g/mol. The van der Waals surface area contributed by atoms with Gasteiger partial charge in [-0.25, -0.2) is 4.79 Å². The number of amides is 2. The number of ether oxygens (including phenoxy) is 1. The van der Waals surface area contributed by atoms with Crippen molar-refractivity contribution < 1.29 is 14.1 Å². The van der Waals surface area contributed by atoms with Gasteiger partial charge in [-0.3, -0.25) is 10.3 Å². The second-order valence-corrected chi connectivity index (χ2v) is 9.78. The fraction of sp³-hybridized carbons (Fsp3) is 0.444. The van der Waals surface area contributed by atoms with Gasteiger partial charge in [-0.2, -0.15) is 0 Å². The number of nitrogens with zero attached hydrogens (tertiary/aromatic N) is 2. The lowest BCUT2D eigenvalue weighted by Crippen LogP contribution is -2.19. The van der Waals surface area contributed by atoms with E-state index < -0.39 is 0 Å². The Hall–Kier alpha value is -3.19. The van der Waals surface area contributed by atoms with Crippen LogP contribution in [0.4, 0.5) is 16.3 Å². The molecular formula is C27H32N4O3. The summed E-state index contributed by atoms with van der Waals surface area (Å²) in [7, 11) is 0.